The van der Waals surface area contributed by atoms with Crippen LogP contribution in [0.25, 0.3) is 0 Å². The van der Waals surface area contributed by atoms with Crippen LogP contribution in [0.2, 0.25) is 0 Å². The normalized spacial score (nSPS) is 19.9. The summed E-state index contributed by atoms with van der Waals surface area (Å²) in [6.07, 6.45) is 0. The molecule has 1 aromatic carbocycles. The summed E-state index contributed by atoms with van der Waals surface area (Å²) in [7, 11) is 2.17. The molecule has 0 saturated carbocycles. The molecule has 0 amide bonds. The minimum Gasteiger partial charge on any atom is -0.330 e. The summed E-state index contributed by atoms with van der Waals surface area (Å²) in [5.41, 5.74) is 8.60. The molecule has 2 nitrogen and oxygen atoms in total. The van der Waals surface area contributed by atoms with Gasteiger partial charge in [0.15, 0.2) is 0 Å². The van der Waals surface area contributed by atoms with Gasteiger partial charge in [-0.1, -0.05) is 29.8 Å². The number of hydrogen-bond donors (Lipinski definition) is 1. The number of nitrogens with zero attached hydrogens (tertiary/aromatic N) is 1. The van der Waals surface area contributed by atoms with Crippen molar-refractivity contribution in [3.63, 3.8) is 0 Å². The molecule has 1 aliphatic heterocycles. The summed E-state index contributed by atoms with van der Waals surface area (Å²) in [5.74, 6) is 1.30. The van der Waals surface area contributed by atoms with Gasteiger partial charge in [-0.3, -0.25) is 0 Å². The summed E-state index contributed by atoms with van der Waals surface area (Å²) < 4.78 is 0. The van der Waals surface area contributed by atoms with Gasteiger partial charge in [0.2, 0.25) is 0 Å². The van der Waals surface area contributed by atoms with E-state index in [1.165, 1.54) is 24.2 Å². The minimum absolute atomic E-state index is 0.543. The van der Waals surface area contributed by atoms with Gasteiger partial charge < -0.3 is 10.6 Å². The van der Waals surface area contributed by atoms with Crippen LogP contribution in [0.1, 0.15) is 17.0 Å². The highest BCUT2D eigenvalue weighted by Crippen LogP contribution is 2.30. The van der Waals surface area contributed by atoms with E-state index in [2.05, 4.69) is 43.1 Å². The molecule has 0 aromatic heterocycles. The number of aryl methyl sites for hydroxylation is 1. The van der Waals surface area contributed by atoms with Crippen LogP contribution >= 0.6 is 0 Å². The van der Waals surface area contributed by atoms with Crippen LogP contribution < -0.4 is 5.73 Å². The van der Waals surface area contributed by atoms with Crippen LogP contribution in [0.5, 0.6) is 0 Å². The van der Waals surface area contributed by atoms with Crippen molar-refractivity contribution >= 4 is 0 Å². The highest BCUT2D eigenvalue weighted by molar-refractivity contribution is 5.26. The lowest BCUT2D eigenvalue weighted by molar-refractivity contribution is 0.112. The molecule has 0 aliphatic carbocycles. The first kappa shape index (κ1) is 10.7. The van der Waals surface area contributed by atoms with Gasteiger partial charge in [-0.25, -0.2) is 0 Å². The second-order valence-corrected chi connectivity index (χ2v) is 4.73. The third-order valence-corrected chi connectivity index (χ3v) is 3.42. The Hall–Kier alpha value is -0.860. The van der Waals surface area contributed by atoms with Crippen molar-refractivity contribution in [1.29, 1.82) is 0 Å². The molecule has 0 spiro atoms. The van der Waals surface area contributed by atoms with Crippen molar-refractivity contribution in [1.82, 2.24) is 4.90 Å². The first-order valence-electron chi connectivity index (χ1n) is 5.66. The molecule has 15 heavy (non-hydrogen) atoms. The molecule has 1 fully saturated rings. The number of rotatable bonds is 3. The molecule has 2 rings (SSSR count). The molecule has 1 aliphatic rings. The molecule has 1 heterocycles. The lowest BCUT2D eigenvalue weighted by Crippen LogP contribution is -2.48. The number of likely N-dealkylation sites (tertiary alicyclic amines) is 1. The lowest BCUT2D eigenvalue weighted by Gasteiger charge is -2.41. The zero-order valence-corrected chi connectivity index (χ0v) is 9.61. The van der Waals surface area contributed by atoms with Crippen LogP contribution in [-0.2, 0) is 0 Å². The molecule has 0 bridgehead atoms. The molecule has 1 atom stereocenters. The van der Waals surface area contributed by atoms with Gasteiger partial charge in [-0.05, 0) is 32.0 Å². The van der Waals surface area contributed by atoms with E-state index in [-0.39, 0.29) is 0 Å². The average molecular weight is 204 g/mol. The van der Waals surface area contributed by atoms with Crippen molar-refractivity contribution in [3.05, 3.63) is 35.4 Å². The highest BCUT2D eigenvalue weighted by atomic mass is 15.2. The van der Waals surface area contributed by atoms with Gasteiger partial charge in [0.05, 0.1) is 0 Å². The first-order chi connectivity index (χ1) is 7.20. The fraction of sp³-hybridized carbons (Fsp3) is 0.538. The third kappa shape index (κ3) is 2.21. The highest BCUT2D eigenvalue weighted by Gasteiger charge is 2.30. The SMILES string of the molecule is Cc1ccc(C(CN)C2CN(C)C2)cc1. The largest absolute Gasteiger partial charge is 0.330 e. The fourth-order valence-electron chi connectivity index (χ4n) is 2.42. The average Bonchev–Trinajstić information content (AvgIpc) is 2.19. The quantitative estimate of drug-likeness (QED) is 0.810. The van der Waals surface area contributed by atoms with E-state index in [1.807, 2.05) is 0 Å². The van der Waals surface area contributed by atoms with Crippen LogP contribution in [0.4, 0.5) is 0 Å². The number of hydrogen-bond acceptors (Lipinski definition) is 2. The van der Waals surface area contributed by atoms with E-state index in [1.54, 1.807) is 0 Å². The van der Waals surface area contributed by atoms with Gasteiger partial charge in [0.1, 0.15) is 0 Å². The molecule has 2 heteroatoms. The summed E-state index contributed by atoms with van der Waals surface area (Å²) in [4.78, 5) is 2.35. The van der Waals surface area contributed by atoms with Gasteiger partial charge >= 0.3 is 0 Å². The summed E-state index contributed by atoms with van der Waals surface area (Å²) in [5, 5.41) is 0. The van der Waals surface area contributed by atoms with Crippen molar-refractivity contribution in [2.24, 2.45) is 11.7 Å². The second kappa shape index (κ2) is 4.33. The van der Waals surface area contributed by atoms with Crippen LogP contribution in [0, 0.1) is 12.8 Å². The molecule has 1 unspecified atom stereocenters. The Morgan fingerprint density at radius 1 is 1.33 bits per heavy atom. The molecule has 1 aromatic rings. The minimum atomic E-state index is 0.543. The van der Waals surface area contributed by atoms with Crippen LogP contribution in [0.15, 0.2) is 24.3 Å². The Morgan fingerprint density at radius 2 is 1.93 bits per heavy atom. The fourth-order valence-corrected chi connectivity index (χ4v) is 2.42. The smallest absolute Gasteiger partial charge is 0.00253 e. The molecule has 2 N–H and O–H groups in total. The van der Waals surface area contributed by atoms with Crippen molar-refractivity contribution < 1.29 is 0 Å². The summed E-state index contributed by atoms with van der Waals surface area (Å²) in [6.45, 7) is 5.27. The third-order valence-electron chi connectivity index (χ3n) is 3.42. The van der Waals surface area contributed by atoms with Crippen LogP contribution in [-0.4, -0.2) is 31.6 Å². The van der Waals surface area contributed by atoms with E-state index in [4.69, 9.17) is 5.73 Å². The molecule has 82 valence electrons. The summed E-state index contributed by atoms with van der Waals surface area (Å²) in [6, 6.07) is 8.82. The Balaban J connectivity index is 2.09. The number of benzene rings is 1. The maximum Gasteiger partial charge on any atom is 0.00253 e. The molecular weight excluding hydrogens is 184 g/mol. The first-order valence-corrected chi connectivity index (χ1v) is 5.66. The maximum absolute atomic E-state index is 5.88. The lowest BCUT2D eigenvalue weighted by atomic mass is 9.81. The van der Waals surface area contributed by atoms with E-state index in [9.17, 15) is 0 Å². The van der Waals surface area contributed by atoms with Crippen molar-refractivity contribution in [2.75, 3.05) is 26.7 Å². The maximum atomic E-state index is 5.88. The molecular formula is C13H20N2. The van der Waals surface area contributed by atoms with Gasteiger partial charge in [0, 0.05) is 19.0 Å². The zero-order chi connectivity index (χ0) is 10.8. The van der Waals surface area contributed by atoms with E-state index >= 15 is 0 Å². The second-order valence-electron chi connectivity index (χ2n) is 4.73. The number of nitrogens with two attached hydrogens (primary N) is 1. The van der Waals surface area contributed by atoms with E-state index < -0.39 is 0 Å². The zero-order valence-electron chi connectivity index (χ0n) is 9.61. The Labute approximate surface area is 92.1 Å². The van der Waals surface area contributed by atoms with Crippen LogP contribution in [0.3, 0.4) is 0 Å². The Morgan fingerprint density at radius 3 is 2.40 bits per heavy atom. The predicted molar refractivity (Wildman–Crippen MR) is 64.0 cm³/mol. The molecule has 0 radical (unpaired) electrons. The predicted octanol–water partition coefficient (Wildman–Crippen LogP) is 1.60. The Bertz CT molecular complexity index is 312. The van der Waals surface area contributed by atoms with Gasteiger partial charge in [0.25, 0.3) is 0 Å². The Kier molecular flexibility index (Phi) is 3.08. The van der Waals surface area contributed by atoms with Gasteiger partial charge in [-0.15, -0.1) is 0 Å². The van der Waals surface area contributed by atoms with Gasteiger partial charge in [-0.2, -0.15) is 0 Å². The monoisotopic (exact) mass is 204 g/mol. The van der Waals surface area contributed by atoms with Crippen molar-refractivity contribution in [3.8, 4) is 0 Å². The molecule has 1 saturated heterocycles. The van der Waals surface area contributed by atoms with E-state index in [0.717, 1.165) is 12.5 Å². The summed E-state index contributed by atoms with van der Waals surface area (Å²) >= 11 is 0. The standard InChI is InChI=1S/C13H20N2/c1-10-3-5-11(6-4-10)13(7-14)12-8-15(2)9-12/h3-6,12-13H,7-9,14H2,1-2H3. The topological polar surface area (TPSA) is 29.3 Å². The van der Waals surface area contributed by atoms with Crippen molar-refractivity contribution in [2.45, 2.75) is 12.8 Å². The van der Waals surface area contributed by atoms with E-state index in [0.29, 0.717) is 5.92 Å².